The molecule has 0 saturated carbocycles. The number of β-amino-alcohol motifs (C(OH)–C–C–N with tert-alkyl or cyclic N) is 1. The van der Waals surface area contributed by atoms with Crippen molar-refractivity contribution < 1.29 is 19.8 Å². The lowest BCUT2D eigenvalue weighted by molar-refractivity contribution is -0.141. The highest BCUT2D eigenvalue weighted by molar-refractivity contribution is 5.83. The average molecular weight is 292 g/mol. The molecule has 2 rings (SSSR count). The van der Waals surface area contributed by atoms with E-state index in [-0.39, 0.29) is 13.0 Å². The van der Waals surface area contributed by atoms with Gasteiger partial charge in [0.2, 0.25) is 0 Å². The number of nitrogens with zero attached hydrogens (tertiary/aromatic N) is 1. The van der Waals surface area contributed by atoms with Gasteiger partial charge < -0.3 is 20.4 Å². The number of nitrogens with one attached hydrogen (secondary N) is 1. The molecule has 2 amide bonds. The number of hydrogen-bond acceptors (Lipinski definition) is 3. The topological polar surface area (TPSA) is 89.9 Å². The van der Waals surface area contributed by atoms with Crippen molar-refractivity contribution in [1.82, 2.24) is 10.2 Å². The quantitative estimate of drug-likeness (QED) is 0.771. The zero-order valence-electron chi connectivity index (χ0n) is 12.0. The van der Waals surface area contributed by atoms with Crippen LogP contribution in [0.25, 0.3) is 0 Å². The number of aryl methyl sites for hydroxylation is 1. The van der Waals surface area contributed by atoms with Crippen LogP contribution in [0.5, 0.6) is 0 Å². The first-order valence-corrected chi connectivity index (χ1v) is 7.04. The van der Waals surface area contributed by atoms with Crippen molar-refractivity contribution in [3.63, 3.8) is 0 Å². The molecule has 0 aliphatic carbocycles. The van der Waals surface area contributed by atoms with Crippen LogP contribution in [0.2, 0.25) is 0 Å². The van der Waals surface area contributed by atoms with Gasteiger partial charge in [-0.1, -0.05) is 31.2 Å². The van der Waals surface area contributed by atoms with Crippen LogP contribution in [-0.4, -0.2) is 45.8 Å². The fourth-order valence-electron chi connectivity index (χ4n) is 2.44. The predicted octanol–water partition coefficient (Wildman–Crippen LogP) is 0.978. The van der Waals surface area contributed by atoms with Gasteiger partial charge in [-0.25, -0.2) is 9.59 Å². The Bertz CT molecular complexity index is 515. The number of benzene rings is 1. The molecule has 6 nitrogen and oxygen atoms in total. The van der Waals surface area contributed by atoms with E-state index in [9.17, 15) is 14.7 Å². The van der Waals surface area contributed by atoms with E-state index in [0.717, 1.165) is 12.0 Å². The smallest absolute Gasteiger partial charge is 0.326 e. The highest BCUT2D eigenvalue weighted by Gasteiger charge is 2.38. The molecule has 1 fully saturated rings. The van der Waals surface area contributed by atoms with Gasteiger partial charge in [0, 0.05) is 19.5 Å². The Labute approximate surface area is 123 Å². The molecule has 1 aliphatic rings. The second-order valence-corrected chi connectivity index (χ2v) is 5.22. The molecule has 1 aromatic carbocycles. The van der Waals surface area contributed by atoms with Gasteiger partial charge in [0.15, 0.2) is 0 Å². The maximum absolute atomic E-state index is 12.0. The zero-order chi connectivity index (χ0) is 15.4. The van der Waals surface area contributed by atoms with E-state index in [1.165, 1.54) is 10.5 Å². The molecule has 1 aliphatic heterocycles. The minimum atomic E-state index is -1.09. The second kappa shape index (κ2) is 6.58. The number of amides is 2. The Morgan fingerprint density at radius 3 is 2.48 bits per heavy atom. The van der Waals surface area contributed by atoms with Crippen molar-refractivity contribution in [1.29, 1.82) is 0 Å². The number of carboxylic acid groups (broad SMARTS) is 1. The minimum absolute atomic E-state index is 0.0531. The monoisotopic (exact) mass is 292 g/mol. The predicted molar refractivity (Wildman–Crippen MR) is 76.8 cm³/mol. The summed E-state index contributed by atoms with van der Waals surface area (Å²) in [5, 5.41) is 21.3. The van der Waals surface area contributed by atoms with Gasteiger partial charge in [-0.2, -0.15) is 0 Å². The van der Waals surface area contributed by atoms with E-state index in [4.69, 9.17) is 5.11 Å². The molecule has 0 unspecified atom stereocenters. The summed E-state index contributed by atoms with van der Waals surface area (Å²) < 4.78 is 0. The van der Waals surface area contributed by atoms with E-state index in [1.807, 2.05) is 24.3 Å². The molecule has 1 saturated heterocycles. The van der Waals surface area contributed by atoms with Crippen LogP contribution < -0.4 is 5.32 Å². The molecule has 1 aromatic rings. The van der Waals surface area contributed by atoms with Crippen molar-refractivity contribution >= 4 is 12.0 Å². The third-order valence-electron chi connectivity index (χ3n) is 3.70. The minimum Gasteiger partial charge on any atom is -0.480 e. The van der Waals surface area contributed by atoms with Gasteiger partial charge in [0.25, 0.3) is 0 Å². The number of aliphatic hydroxyl groups excluding tert-OH is 1. The number of carboxylic acids is 1. The van der Waals surface area contributed by atoms with E-state index in [1.54, 1.807) is 0 Å². The molecule has 0 radical (unpaired) electrons. The Morgan fingerprint density at radius 2 is 1.90 bits per heavy atom. The number of rotatable bonds is 4. The second-order valence-electron chi connectivity index (χ2n) is 5.22. The molecule has 0 bridgehead atoms. The first-order chi connectivity index (χ1) is 10.0. The lowest BCUT2D eigenvalue weighted by Crippen LogP contribution is -2.45. The SMILES string of the molecule is CCc1ccc(CNC(=O)N2C[C@H](O)C[C@H]2C(=O)O)cc1. The number of carbonyl (C=O) groups is 2. The van der Waals surface area contributed by atoms with E-state index >= 15 is 0 Å². The van der Waals surface area contributed by atoms with Gasteiger partial charge in [0.05, 0.1) is 6.10 Å². The molecule has 2 atom stereocenters. The van der Waals surface area contributed by atoms with Crippen LogP contribution in [0.1, 0.15) is 24.5 Å². The van der Waals surface area contributed by atoms with Crippen LogP contribution in [0, 0.1) is 0 Å². The molecular weight excluding hydrogens is 272 g/mol. The standard InChI is InChI=1S/C15H20N2O4/c1-2-10-3-5-11(6-4-10)8-16-15(21)17-9-12(18)7-13(17)14(19)20/h3-6,12-13,18H,2,7-9H2,1H3,(H,16,21)(H,19,20)/t12-,13+/m1/s1. The maximum Gasteiger partial charge on any atom is 0.326 e. The fourth-order valence-corrected chi connectivity index (χ4v) is 2.44. The largest absolute Gasteiger partial charge is 0.480 e. The van der Waals surface area contributed by atoms with Crippen molar-refractivity contribution in [3.8, 4) is 0 Å². The van der Waals surface area contributed by atoms with Gasteiger partial charge >= 0.3 is 12.0 Å². The Morgan fingerprint density at radius 1 is 1.29 bits per heavy atom. The highest BCUT2D eigenvalue weighted by atomic mass is 16.4. The third kappa shape index (κ3) is 3.72. The Hall–Kier alpha value is -2.08. The highest BCUT2D eigenvalue weighted by Crippen LogP contribution is 2.18. The van der Waals surface area contributed by atoms with Crippen LogP contribution >= 0.6 is 0 Å². The number of carbonyl (C=O) groups excluding carboxylic acids is 1. The van der Waals surface area contributed by atoms with Crippen molar-refractivity contribution in [2.75, 3.05) is 6.54 Å². The summed E-state index contributed by atoms with van der Waals surface area (Å²) in [7, 11) is 0. The van der Waals surface area contributed by atoms with Crippen LogP contribution in [-0.2, 0) is 17.8 Å². The number of hydrogen-bond donors (Lipinski definition) is 3. The van der Waals surface area contributed by atoms with Crippen molar-refractivity contribution in [2.24, 2.45) is 0 Å². The summed E-state index contributed by atoms with van der Waals surface area (Å²) >= 11 is 0. The maximum atomic E-state index is 12.0. The molecule has 21 heavy (non-hydrogen) atoms. The summed E-state index contributed by atoms with van der Waals surface area (Å²) in [5.74, 6) is -1.09. The summed E-state index contributed by atoms with van der Waals surface area (Å²) in [6.45, 7) is 2.46. The first kappa shape index (κ1) is 15.3. The van der Waals surface area contributed by atoms with Gasteiger partial charge in [-0.05, 0) is 17.5 Å². The average Bonchev–Trinajstić information content (AvgIpc) is 2.87. The molecule has 0 aromatic heterocycles. The lowest BCUT2D eigenvalue weighted by Gasteiger charge is -2.21. The summed E-state index contributed by atoms with van der Waals surface area (Å²) in [6.07, 6.45) is 0.257. The molecule has 114 valence electrons. The molecule has 0 spiro atoms. The zero-order valence-corrected chi connectivity index (χ0v) is 12.0. The van der Waals surface area contributed by atoms with Crippen molar-refractivity contribution in [3.05, 3.63) is 35.4 Å². The van der Waals surface area contributed by atoms with Crippen LogP contribution in [0.15, 0.2) is 24.3 Å². The fraction of sp³-hybridized carbons (Fsp3) is 0.467. The molecule has 1 heterocycles. The summed E-state index contributed by atoms with van der Waals surface area (Å²) in [6, 6.07) is 6.46. The number of likely N-dealkylation sites (tertiary alicyclic amines) is 1. The molecule has 6 heteroatoms. The van der Waals surface area contributed by atoms with Crippen LogP contribution in [0.3, 0.4) is 0 Å². The van der Waals surface area contributed by atoms with Gasteiger partial charge in [-0.15, -0.1) is 0 Å². The lowest BCUT2D eigenvalue weighted by atomic mass is 10.1. The number of aliphatic carboxylic acids is 1. The number of aliphatic hydroxyl groups is 1. The summed E-state index contributed by atoms with van der Waals surface area (Å²) in [5.41, 5.74) is 2.17. The van der Waals surface area contributed by atoms with Gasteiger partial charge in [-0.3, -0.25) is 0 Å². The molecular formula is C15H20N2O4. The van der Waals surface area contributed by atoms with E-state index < -0.39 is 24.1 Å². The van der Waals surface area contributed by atoms with Crippen molar-refractivity contribution in [2.45, 2.75) is 38.5 Å². The Balaban J connectivity index is 1.92. The Kier molecular flexibility index (Phi) is 4.80. The van der Waals surface area contributed by atoms with Gasteiger partial charge in [0.1, 0.15) is 6.04 Å². The van der Waals surface area contributed by atoms with E-state index in [0.29, 0.717) is 6.54 Å². The summed E-state index contributed by atoms with van der Waals surface area (Å²) in [4.78, 5) is 24.3. The van der Waals surface area contributed by atoms with E-state index in [2.05, 4.69) is 12.2 Å². The molecule has 3 N–H and O–H groups in total. The van der Waals surface area contributed by atoms with Crippen LogP contribution in [0.4, 0.5) is 4.79 Å². The third-order valence-corrected chi connectivity index (χ3v) is 3.70. The number of urea groups is 1. The first-order valence-electron chi connectivity index (χ1n) is 7.04. The normalized spacial score (nSPS) is 21.3.